The SMILES string of the molecule is Cc1cccc(N2C(=NC(=O)C(C)C)S[C@H]3CS(=O)(=O)C[C@H]32)c1. The van der Waals surface area contributed by atoms with Gasteiger partial charge >= 0.3 is 0 Å². The van der Waals surface area contributed by atoms with Crippen LogP contribution in [0.2, 0.25) is 0 Å². The molecule has 5 nitrogen and oxygen atoms in total. The Bertz CT molecular complexity index is 771. The standard InChI is InChI=1S/C16H20N2O3S2/c1-10(2)15(19)17-16-18(12-6-4-5-11(3)7-12)13-8-23(20,21)9-14(13)22-16/h4-7,10,13-14H,8-9H2,1-3H3/t13-,14+/m1/s1. The van der Waals surface area contributed by atoms with Gasteiger partial charge in [0.25, 0.3) is 5.91 Å². The molecule has 7 heteroatoms. The second-order valence-corrected chi connectivity index (χ2v) is 9.76. The number of rotatable bonds is 2. The maximum Gasteiger partial charge on any atom is 0.250 e. The minimum absolute atomic E-state index is 0.0563. The number of amides is 1. The first-order chi connectivity index (χ1) is 10.8. The van der Waals surface area contributed by atoms with Crippen molar-refractivity contribution in [2.24, 2.45) is 10.9 Å². The molecule has 0 N–H and O–H groups in total. The predicted octanol–water partition coefficient (Wildman–Crippen LogP) is 2.25. The molecule has 2 fully saturated rings. The lowest BCUT2D eigenvalue weighted by atomic mass is 10.1. The Balaban J connectivity index is 2.02. The molecular weight excluding hydrogens is 332 g/mol. The highest BCUT2D eigenvalue weighted by molar-refractivity contribution is 8.16. The molecule has 0 spiro atoms. The van der Waals surface area contributed by atoms with E-state index in [-0.39, 0.29) is 34.6 Å². The van der Waals surface area contributed by atoms with Crippen molar-refractivity contribution in [2.75, 3.05) is 16.4 Å². The molecule has 0 aromatic heterocycles. The summed E-state index contributed by atoms with van der Waals surface area (Å²) in [6.07, 6.45) is 0. The largest absolute Gasteiger partial charge is 0.316 e. The van der Waals surface area contributed by atoms with Crippen molar-refractivity contribution in [2.45, 2.75) is 32.1 Å². The van der Waals surface area contributed by atoms with E-state index in [2.05, 4.69) is 4.99 Å². The van der Waals surface area contributed by atoms with Crippen LogP contribution in [0.15, 0.2) is 29.3 Å². The number of carbonyl (C=O) groups excluding carboxylic acids is 1. The van der Waals surface area contributed by atoms with Crippen LogP contribution in [-0.4, -0.2) is 42.3 Å². The molecule has 0 saturated carbocycles. The highest BCUT2D eigenvalue weighted by Crippen LogP contribution is 2.41. The van der Waals surface area contributed by atoms with Gasteiger partial charge in [0.15, 0.2) is 15.0 Å². The number of amidine groups is 1. The number of anilines is 1. The molecule has 1 aromatic rings. The van der Waals surface area contributed by atoms with Crippen LogP contribution in [0.25, 0.3) is 0 Å². The van der Waals surface area contributed by atoms with E-state index in [0.29, 0.717) is 5.17 Å². The zero-order valence-corrected chi connectivity index (χ0v) is 15.0. The highest BCUT2D eigenvalue weighted by Gasteiger charge is 2.49. The Hall–Kier alpha value is -1.34. The summed E-state index contributed by atoms with van der Waals surface area (Å²) >= 11 is 1.41. The number of carbonyl (C=O) groups is 1. The van der Waals surface area contributed by atoms with Gasteiger partial charge in [-0.3, -0.25) is 4.79 Å². The zero-order chi connectivity index (χ0) is 16.8. The molecule has 23 heavy (non-hydrogen) atoms. The normalized spacial score (nSPS) is 27.7. The van der Waals surface area contributed by atoms with E-state index < -0.39 is 9.84 Å². The summed E-state index contributed by atoms with van der Waals surface area (Å²) in [5.41, 5.74) is 1.99. The summed E-state index contributed by atoms with van der Waals surface area (Å²) in [5.74, 6) is -0.0767. The summed E-state index contributed by atoms with van der Waals surface area (Å²) in [6.45, 7) is 5.62. The van der Waals surface area contributed by atoms with Crippen LogP contribution in [0.1, 0.15) is 19.4 Å². The first-order valence-electron chi connectivity index (χ1n) is 7.62. The number of nitrogens with zero attached hydrogens (tertiary/aromatic N) is 2. The summed E-state index contributed by atoms with van der Waals surface area (Å²) in [6, 6.07) is 7.73. The van der Waals surface area contributed by atoms with Crippen LogP contribution >= 0.6 is 11.8 Å². The molecule has 0 bridgehead atoms. The molecular formula is C16H20N2O3S2. The van der Waals surface area contributed by atoms with Crippen LogP contribution < -0.4 is 4.90 Å². The molecule has 1 amide bonds. The van der Waals surface area contributed by atoms with Gasteiger partial charge in [-0.1, -0.05) is 37.7 Å². The first-order valence-corrected chi connectivity index (χ1v) is 10.3. The van der Waals surface area contributed by atoms with E-state index in [1.165, 1.54) is 11.8 Å². The van der Waals surface area contributed by atoms with Crippen molar-refractivity contribution in [3.63, 3.8) is 0 Å². The molecule has 0 radical (unpaired) electrons. The van der Waals surface area contributed by atoms with Crippen molar-refractivity contribution in [1.82, 2.24) is 0 Å². The van der Waals surface area contributed by atoms with E-state index in [0.717, 1.165) is 11.3 Å². The van der Waals surface area contributed by atoms with Crippen molar-refractivity contribution >= 4 is 38.4 Å². The van der Waals surface area contributed by atoms with E-state index >= 15 is 0 Å². The summed E-state index contributed by atoms with van der Waals surface area (Å²) in [7, 11) is -3.03. The number of hydrogen-bond acceptors (Lipinski definition) is 4. The number of benzene rings is 1. The van der Waals surface area contributed by atoms with Crippen LogP contribution in [0.4, 0.5) is 5.69 Å². The Morgan fingerprint density at radius 3 is 2.74 bits per heavy atom. The van der Waals surface area contributed by atoms with E-state index in [1.54, 1.807) is 0 Å². The quantitative estimate of drug-likeness (QED) is 0.817. The average Bonchev–Trinajstić information content (AvgIpc) is 2.89. The number of sulfone groups is 1. The van der Waals surface area contributed by atoms with Gasteiger partial charge in [-0.2, -0.15) is 4.99 Å². The number of aryl methyl sites for hydroxylation is 1. The van der Waals surface area contributed by atoms with Gasteiger partial charge in [-0.25, -0.2) is 8.42 Å². The fourth-order valence-corrected chi connectivity index (χ4v) is 6.79. The Morgan fingerprint density at radius 2 is 2.09 bits per heavy atom. The number of thioether (sulfide) groups is 1. The van der Waals surface area contributed by atoms with Crippen molar-refractivity contribution in [3.8, 4) is 0 Å². The summed E-state index contributed by atoms with van der Waals surface area (Å²) in [5, 5.41) is 0.568. The molecule has 124 valence electrons. The molecule has 1 aromatic carbocycles. The van der Waals surface area contributed by atoms with Gasteiger partial charge < -0.3 is 4.90 Å². The fourth-order valence-electron chi connectivity index (χ4n) is 2.87. The third kappa shape index (κ3) is 3.30. The van der Waals surface area contributed by atoms with E-state index in [9.17, 15) is 13.2 Å². The van der Waals surface area contributed by atoms with Crippen molar-refractivity contribution in [1.29, 1.82) is 0 Å². The van der Waals surface area contributed by atoms with Gasteiger partial charge in [0.05, 0.1) is 17.5 Å². The number of fused-ring (bicyclic) bond motifs is 1. The smallest absolute Gasteiger partial charge is 0.250 e. The van der Waals surface area contributed by atoms with Gasteiger partial charge in [0.2, 0.25) is 0 Å². The predicted molar refractivity (Wildman–Crippen MR) is 94.8 cm³/mol. The molecule has 2 aliphatic heterocycles. The molecule has 3 rings (SSSR count). The van der Waals surface area contributed by atoms with Crippen molar-refractivity contribution < 1.29 is 13.2 Å². The second kappa shape index (κ2) is 5.94. The maximum atomic E-state index is 12.0. The van der Waals surface area contributed by atoms with Crippen LogP contribution in [0.3, 0.4) is 0 Å². The van der Waals surface area contributed by atoms with Crippen LogP contribution in [0.5, 0.6) is 0 Å². The van der Waals surface area contributed by atoms with Crippen LogP contribution in [-0.2, 0) is 14.6 Å². The van der Waals surface area contributed by atoms with Gasteiger partial charge in [0.1, 0.15) is 0 Å². The second-order valence-electron chi connectivity index (χ2n) is 6.40. The minimum Gasteiger partial charge on any atom is -0.316 e. The maximum absolute atomic E-state index is 12.0. The number of aliphatic imine (C=N–C) groups is 1. The third-order valence-electron chi connectivity index (χ3n) is 4.05. The molecule has 2 atom stereocenters. The molecule has 2 aliphatic rings. The monoisotopic (exact) mass is 352 g/mol. The third-order valence-corrected chi connectivity index (χ3v) is 7.26. The lowest BCUT2D eigenvalue weighted by molar-refractivity contribution is -0.120. The Kier molecular flexibility index (Phi) is 4.27. The molecule has 2 saturated heterocycles. The highest BCUT2D eigenvalue weighted by atomic mass is 32.2. The molecule has 0 unspecified atom stereocenters. The van der Waals surface area contributed by atoms with Crippen LogP contribution in [0, 0.1) is 12.8 Å². The Morgan fingerprint density at radius 1 is 1.35 bits per heavy atom. The fraction of sp³-hybridized carbons (Fsp3) is 0.500. The van der Waals surface area contributed by atoms with Gasteiger partial charge in [-0.05, 0) is 24.6 Å². The topological polar surface area (TPSA) is 66.8 Å². The lowest BCUT2D eigenvalue weighted by Crippen LogP contribution is -2.37. The lowest BCUT2D eigenvalue weighted by Gasteiger charge is -2.25. The first kappa shape index (κ1) is 16.5. The van der Waals surface area contributed by atoms with Gasteiger partial charge in [0, 0.05) is 16.9 Å². The minimum atomic E-state index is -3.03. The summed E-state index contributed by atoms with van der Waals surface area (Å²) in [4.78, 5) is 18.2. The Labute approximate surface area is 141 Å². The average molecular weight is 352 g/mol. The van der Waals surface area contributed by atoms with E-state index in [4.69, 9.17) is 0 Å². The summed E-state index contributed by atoms with van der Waals surface area (Å²) < 4.78 is 24.0. The number of hydrogen-bond donors (Lipinski definition) is 0. The zero-order valence-electron chi connectivity index (χ0n) is 13.4. The molecule has 0 aliphatic carbocycles. The van der Waals surface area contributed by atoms with E-state index in [1.807, 2.05) is 49.9 Å². The van der Waals surface area contributed by atoms with Gasteiger partial charge in [-0.15, -0.1) is 0 Å². The molecule has 2 heterocycles. The van der Waals surface area contributed by atoms with Crippen molar-refractivity contribution in [3.05, 3.63) is 29.8 Å².